The average Bonchev–Trinajstić information content (AvgIpc) is 2.50. The van der Waals surface area contributed by atoms with E-state index >= 15 is 0 Å². The molecule has 0 rings (SSSR count). The van der Waals surface area contributed by atoms with Gasteiger partial charge in [0, 0.05) is 6.42 Å². The fourth-order valence-electron chi connectivity index (χ4n) is 2.27. The van der Waals surface area contributed by atoms with Gasteiger partial charge in [-0.1, -0.05) is 56.9 Å². The van der Waals surface area contributed by atoms with Crippen molar-refractivity contribution in [1.29, 1.82) is 0 Å². The second-order valence-electron chi connectivity index (χ2n) is 5.59. The highest BCUT2D eigenvalue weighted by molar-refractivity contribution is 5.66. The summed E-state index contributed by atoms with van der Waals surface area (Å²) in [4.78, 5) is 14.9. The van der Waals surface area contributed by atoms with Crippen molar-refractivity contribution >= 4 is 5.97 Å². The zero-order chi connectivity index (χ0) is 16.5. The van der Waals surface area contributed by atoms with E-state index in [9.17, 15) is 4.79 Å². The first kappa shape index (κ1) is 20.9. The van der Waals surface area contributed by atoms with E-state index in [-0.39, 0.29) is 12.5 Å². The van der Waals surface area contributed by atoms with Gasteiger partial charge >= 0.3 is 5.97 Å². The van der Waals surface area contributed by atoms with Crippen LogP contribution in [0, 0.1) is 0 Å². The van der Waals surface area contributed by atoms with Crippen LogP contribution in [0.1, 0.15) is 77.6 Å². The summed E-state index contributed by atoms with van der Waals surface area (Å²) < 4.78 is 0. The molecule has 128 valence electrons. The molecule has 0 aliphatic rings. The molecule has 0 aliphatic carbocycles. The maximum atomic E-state index is 10.4. The Morgan fingerprint density at radius 1 is 1.00 bits per heavy atom. The van der Waals surface area contributed by atoms with Crippen molar-refractivity contribution in [3.63, 3.8) is 0 Å². The molecule has 0 saturated heterocycles. The highest BCUT2D eigenvalue weighted by atomic mass is 17.1. The summed E-state index contributed by atoms with van der Waals surface area (Å²) in [7, 11) is 0. The third-order valence-corrected chi connectivity index (χ3v) is 3.56. The molecule has 0 radical (unpaired) electrons. The van der Waals surface area contributed by atoms with Crippen molar-refractivity contribution in [2.75, 3.05) is 0 Å². The number of hydrogen-bond donors (Lipinski definition) is 2. The van der Waals surface area contributed by atoms with E-state index in [0.29, 0.717) is 0 Å². The van der Waals surface area contributed by atoms with E-state index in [0.717, 1.165) is 64.2 Å². The SMILES string of the molecule is CCC=CCC=CCCC(CCCCCCCC(=O)O)OO. The zero-order valence-corrected chi connectivity index (χ0v) is 13.9. The number of allylic oxidation sites excluding steroid dienone is 4. The molecule has 22 heavy (non-hydrogen) atoms. The van der Waals surface area contributed by atoms with Crippen LogP contribution in [0.2, 0.25) is 0 Å². The topological polar surface area (TPSA) is 66.8 Å². The molecule has 0 saturated carbocycles. The van der Waals surface area contributed by atoms with Gasteiger partial charge in [-0.05, 0) is 38.5 Å². The van der Waals surface area contributed by atoms with E-state index in [2.05, 4.69) is 36.1 Å². The number of unbranched alkanes of at least 4 members (excludes halogenated alkanes) is 4. The summed E-state index contributed by atoms with van der Waals surface area (Å²) in [6, 6.07) is 0. The quantitative estimate of drug-likeness (QED) is 0.185. The van der Waals surface area contributed by atoms with Crippen LogP contribution in [0.5, 0.6) is 0 Å². The molecular weight excluding hydrogens is 280 g/mol. The van der Waals surface area contributed by atoms with E-state index in [1.165, 1.54) is 0 Å². The Morgan fingerprint density at radius 2 is 1.68 bits per heavy atom. The van der Waals surface area contributed by atoms with E-state index < -0.39 is 5.97 Å². The molecular formula is C18H32O4. The maximum Gasteiger partial charge on any atom is 0.303 e. The largest absolute Gasteiger partial charge is 0.481 e. The lowest BCUT2D eigenvalue weighted by molar-refractivity contribution is -0.281. The minimum Gasteiger partial charge on any atom is -0.481 e. The lowest BCUT2D eigenvalue weighted by Crippen LogP contribution is -2.10. The third kappa shape index (κ3) is 15.3. The first-order chi connectivity index (χ1) is 10.7. The summed E-state index contributed by atoms with van der Waals surface area (Å²) in [5.41, 5.74) is 0. The molecule has 0 amide bonds. The molecule has 0 aromatic heterocycles. The van der Waals surface area contributed by atoms with Crippen LogP contribution in [0.4, 0.5) is 0 Å². The minimum atomic E-state index is -0.716. The molecule has 0 aliphatic heterocycles. The summed E-state index contributed by atoms with van der Waals surface area (Å²) in [5, 5.41) is 17.4. The van der Waals surface area contributed by atoms with E-state index in [1.807, 2.05) is 0 Å². The standard InChI is InChI=1S/C18H32O4/c1-2-3-4-5-6-8-11-14-17(22-21)15-12-9-7-10-13-16-18(19)20/h3-4,6,8,17,21H,2,5,7,9-16H2,1H3,(H,19,20). The van der Waals surface area contributed by atoms with Crippen molar-refractivity contribution in [1.82, 2.24) is 0 Å². The van der Waals surface area contributed by atoms with Crippen LogP contribution in [0.3, 0.4) is 0 Å². The lowest BCUT2D eigenvalue weighted by atomic mass is 10.0. The van der Waals surface area contributed by atoms with Crippen molar-refractivity contribution in [2.24, 2.45) is 0 Å². The zero-order valence-electron chi connectivity index (χ0n) is 13.9. The van der Waals surface area contributed by atoms with Crippen molar-refractivity contribution < 1.29 is 20.0 Å². The summed E-state index contributed by atoms with van der Waals surface area (Å²) >= 11 is 0. The Balaban J connectivity index is 3.50. The molecule has 0 spiro atoms. The normalized spacial score (nSPS) is 13.2. The van der Waals surface area contributed by atoms with Gasteiger partial charge in [0.2, 0.25) is 0 Å². The predicted molar refractivity (Wildman–Crippen MR) is 89.9 cm³/mol. The Bertz CT molecular complexity index is 310. The Labute approximate surface area is 134 Å². The van der Waals surface area contributed by atoms with Gasteiger partial charge in [0.05, 0.1) is 6.10 Å². The Hall–Kier alpha value is -1.13. The van der Waals surface area contributed by atoms with Crippen molar-refractivity contribution in [3.05, 3.63) is 24.3 Å². The number of carbonyl (C=O) groups is 1. The second-order valence-corrected chi connectivity index (χ2v) is 5.59. The molecule has 4 nitrogen and oxygen atoms in total. The fourth-order valence-corrected chi connectivity index (χ4v) is 2.27. The van der Waals surface area contributed by atoms with Crippen molar-refractivity contribution in [3.8, 4) is 0 Å². The molecule has 4 heteroatoms. The molecule has 2 N–H and O–H groups in total. The second kappa shape index (κ2) is 16.2. The van der Waals surface area contributed by atoms with E-state index in [1.54, 1.807) is 0 Å². The van der Waals surface area contributed by atoms with Gasteiger partial charge in [-0.25, -0.2) is 4.89 Å². The molecule has 1 atom stereocenters. The van der Waals surface area contributed by atoms with Gasteiger partial charge in [0.25, 0.3) is 0 Å². The van der Waals surface area contributed by atoms with Gasteiger partial charge < -0.3 is 5.11 Å². The molecule has 0 bridgehead atoms. The first-order valence-corrected chi connectivity index (χ1v) is 8.52. The first-order valence-electron chi connectivity index (χ1n) is 8.52. The Kier molecular flexibility index (Phi) is 15.4. The van der Waals surface area contributed by atoms with E-state index in [4.69, 9.17) is 10.4 Å². The monoisotopic (exact) mass is 312 g/mol. The number of aliphatic carboxylic acids is 1. The molecule has 0 heterocycles. The maximum absolute atomic E-state index is 10.4. The van der Waals surface area contributed by atoms with Crippen LogP contribution in [-0.2, 0) is 9.68 Å². The number of rotatable bonds is 15. The van der Waals surface area contributed by atoms with Gasteiger partial charge in [-0.15, -0.1) is 0 Å². The highest BCUT2D eigenvalue weighted by Gasteiger charge is 2.07. The van der Waals surface area contributed by atoms with Crippen LogP contribution >= 0.6 is 0 Å². The summed E-state index contributed by atoms with van der Waals surface area (Å²) in [6.45, 7) is 2.12. The van der Waals surface area contributed by atoms with Crippen LogP contribution in [-0.4, -0.2) is 22.4 Å². The molecule has 0 aromatic rings. The van der Waals surface area contributed by atoms with Crippen LogP contribution in [0.25, 0.3) is 0 Å². The molecule has 0 aromatic carbocycles. The minimum absolute atomic E-state index is 0.0881. The average molecular weight is 312 g/mol. The Morgan fingerprint density at radius 3 is 2.36 bits per heavy atom. The van der Waals surface area contributed by atoms with Gasteiger partial charge in [-0.3, -0.25) is 10.1 Å². The van der Waals surface area contributed by atoms with Gasteiger partial charge in [0.15, 0.2) is 0 Å². The fraction of sp³-hybridized carbons (Fsp3) is 0.722. The highest BCUT2D eigenvalue weighted by Crippen LogP contribution is 2.13. The smallest absolute Gasteiger partial charge is 0.303 e. The number of carboxylic acids is 1. The number of hydrogen-bond acceptors (Lipinski definition) is 3. The third-order valence-electron chi connectivity index (χ3n) is 3.56. The van der Waals surface area contributed by atoms with Crippen molar-refractivity contribution in [2.45, 2.75) is 83.7 Å². The summed E-state index contributed by atoms with van der Waals surface area (Å²) in [6.07, 6.45) is 18.3. The predicted octanol–water partition coefficient (Wildman–Crippen LogP) is 5.35. The summed E-state index contributed by atoms with van der Waals surface area (Å²) in [5.74, 6) is -0.716. The van der Waals surface area contributed by atoms with Crippen LogP contribution < -0.4 is 0 Å². The lowest BCUT2D eigenvalue weighted by Gasteiger charge is -2.11. The van der Waals surface area contributed by atoms with Gasteiger partial charge in [-0.2, -0.15) is 0 Å². The van der Waals surface area contributed by atoms with Gasteiger partial charge in [0.1, 0.15) is 0 Å². The van der Waals surface area contributed by atoms with Crippen LogP contribution in [0.15, 0.2) is 24.3 Å². The number of carboxylic acid groups (broad SMARTS) is 1. The molecule has 0 fully saturated rings. The molecule has 1 unspecified atom stereocenters.